The van der Waals surface area contributed by atoms with E-state index in [9.17, 15) is 14.4 Å². The molecule has 2 aliphatic rings. The summed E-state index contributed by atoms with van der Waals surface area (Å²) in [6.07, 6.45) is 1.75. The molecule has 3 heterocycles. The highest BCUT2D eigenvalue weighted by atomic mass is 35.5. The van der Waals surface area contributed by atoms with Crippen LogP contribution in [-0.4, -0.2) is 70.9 Å². The number of carbonyl (C=O) groups is 3. The van der Waals surface area contributed by atoms with Crippen LogP contribution >= 0.6 is 11.6 Å². The van der Waals surface area contributed by atoms with Gasteiger partial charge in [-0.15, -0.1) is 0 Å². The van der Waals surface area contributed by atoms with Gasteiger partial charge in [0.2, 0.25) is 5.91 Å². The van der Waals surface area contributed by atoms with E-state index in [1.54, 1.807) is 24.9 Å². The lowest BCUT2D eigenvalue weighted by Gasteiger charge is -2.37. The number of pyridine rings is 1. The van der Waals surface area contributed by atoms with Gasteiger partial charge in [-0.1, -0.05) is 11.6 Å². The van der Waals surface area contributed by atoms with Crippen LogP contribution in [-0.2, 0) is 9.59 Å². The van der Waals surface area contributed by atoms with Crippen LogP contribution in [0.3, 0.4) is 0 Å². The largest absolute Gasteiger partial charge is 0.367 e. The number of hydrogen-bond donors (Lipinski definition) is 1. The first-order chi connectivity index (χ1) is 13.8. The molecule has 2 aromatic rings. The maximum absolute atomic E-state index is 12.7. The molecule has 4 rings (SSSR count). The molecule has 4 amide bonds. The fraction of sp³-hybridized carbons (Fsp3) is 0.400. The zero-order valence-corrected chi connectivity index (χ0v) is 17.1. The number of carbonyl (C=O) groups excluding carboxylic acids is 3. The molecule has 1 aromatic carbocycles. The molecule has 8 nitrogen and oxygen atoms in total. The number of nitrogens with one attached hydrogen (secondary N) is 1. The number of fused-ring (bicyclic) bond motifs is 1. The summed E-state index contributed by atoms with van der Waals surface area (Å²) < 4.78 is 0. The number of urea groups is 1. The number of nitrogens with zero attached hydrogens (tertiary/aromatic N) is 4. The van der Waals surface area contributed by atoms with Crippen molar-refractivity contribution in [3.8, 4) is 0 Å². The molecular formula is C20H22ClN5O3. The second kappa shape index (κ2) is 7.18. The fourth-order valence-corrected chi connectivity index (χ4v) is 3.94. The average molecular weight is 416 g/mol. The third kappa shape index (κ3) is 3.60. The molecule has 0 atom stereocenters. The highest BCUT2D eigenvalue weighted by molar-refractivity contribution is 6.31. The molecule has 152 valence electrons. The molecule has 0 saturated carbocycles. The Kier molecular flexibility index (Phi) is 4.82. The number of piperazine rings is 1. The normalized spacial score (nSPS) is 19.1. The van der Waals surface area contributed by atoms with Crippen LogP contribution < -0.4 is 10.2 Å². The summed E-state index contributed by atoms with van der Waals surface area (Å²) in [4.78, 5) is 46.2. The van der Waals surface area contributed by atoms with Crippen molar-refractivity contribution in [1.82, 2.24) is 20.1 Å². The summed E-state index contributed by atoms with van der Waals surface area (Å²) in [5.74, 6) is -0.603. The van der Waals surface area contributed by atoms with E-state index in [1.807, 2.05) is 24.3 Å². The smallest absolute Gasteiger partial charge is 0.325 e. The van der Waals surface area contributed by atoms with E-state index in [-0.39, 0.29) is 18.4 Å². The summed E-state index contributed by atoms with van der Waals surface area (Å²) in [6.45, 7) is 5.36. The standard InChI is InChI=1S/C20H22ClN5O3/c1-20(2)18(28)26(19(29)23-20)12-17(27)25-9-7-24(8-10-25)16-5-6-22-15-11-13(21)3-4-14(15)16/h3-6,11H,7-10,12H2,1-2H3,(H,23,29). The minimum Gasteiger partial charge on any atom is -0.367 e. The lowest BCUT2D eigenvalue weighted by molar-refractivity contribution is -0.138. The van der Waals surface area contributed by atoms with E-state index in [0.717, 1.165) is 21.5 Å². The number of imide groups is 1. The van der Waals surface area contributed by atoms with Gasteiger partial charge in [-0.25, -0.2) is 4.79 Å². The average Bonchev–Trinajstić information content (AvgIpc) is 2.89. The Balaban J connectivity index is 1.42. The third-order valence-electron chi connectivity index (χ3n) is 5.39. The zero-order valence-electron chi connectivity index (χ0n) is 16.3. The van der Waals surface area contributed by atoms with Gasteiger partial charge in [-0.05, 0) is 38.1 Å². The van der Waals surface area contributed by atoms with Crippen molar-refractivity contribution in [3.63, 3.8) is 0 Å². The SMILES string of the molecule is CC1(C)NC(=O)N(CC(=O)N2CCN(c3ccnc4cc(Cl)ccc34)CC2)C1=O. The first-order valence-electron chi connectivity index (χ1n) is 9.47. The minimum atomic E-state index is -0.971. The van der Waals surface area contributed by atoms with Gasteiger partial charge in [0.05, 0.1) is 5.52 Å². The molecule has 9 heteroatoms. The highest BCUT2D eigenvalue weighted by Gasteiger charge is 2.45. The molecule has 29 heavy (non-hydrogen) atoms. The van der Waals surface area contributed by atoms with Crippen molar-refractivity contribution in [2.75, 3.05) is 37.6 Å². The van der Waals surface area contributed by atoms with Crippen molar-refractivity contribution in [2.24, 2.45) is 0 Å². The molecule has 2 saturated heterocycles. The second-order valence-corrected chi connectivity index (χ2v) is 8.24. The lowest BCUT2D eigenvalue weighted by Crippen LogP contribution is -2.52. The van der Waals surface area contributed by atoms with Gasteiger partial charge in [-0.3, -0.25) is 19.5 Å². The van der Waals surface area contributed by atoms with Crippen molar-refractivity contribution in [2.45, 2.75) is 19.4 Å². The van der Waals surface area contributed by atoms with Gasteiger partial charge in [0.1, 0.15) is 12.1 Å². The predicted octanol–water partition coefficient (Wildman–Crippen LogP) is 1.87. The number of aromatic nitrogens is 1. The fourth-order valence-electron chi connectivity index (χ4n) is 3.78. The maximum atomic E-state index is 12.7. The van der Waals surface area contributed by atoms with Gasteiger partial charge in [0.25, 0.3) is 5.91 Å². The van der Waals surface area contributed by atoms with Crippen molar-refractivity contribution in [3.05, 3.63) is 35.5 Å². The first kappa shape index (κ1) is 19.4. The molecular weight excluding hydrogens is 394 g/mol. The Morgan fingerprint density at radius 2 is 1.90 bits per heavy atom. The van der Waals surface area contributed by atoms with Crippen LogP contribution in [0.25, 0.3) is 10.9 Å². The quantitative estimate of drug-likeness (QED) is 0.773. The van der Waals surface area contributed by atoms with Crippen LogP contribution in [0.4, 0.5) is 10.5 Å². The number of rotatable bonds is 3. The monoisotopic (exact) mass is 415 g/mol. The topological polar surface area (TPSA) is 85.8 Å². The minimum absolute atomic E-state index is 0.225. The third-order valence-corrected chi connectivity index (χ3v) is 5.63. The Morgan fingerprint density at radius 3 is 2.55 bits per heavy atom. The molecule has 1 N–H and O–H groups in total. The number of anilines is 1. The van der Waals surface area contributed by atoms with Gasteiger partial charge < -0.3 is 15.1 Å². The molecule has 0 unspecified atom stereocenters. The maximum Gasteiger partial charge on any atom is 0.325 e. The summed E-state index contributed by atoms with van der Waals surface area (Å²) in [5.41, 5.74) is 0.908. The van der Waals surface area contributed by atoms with Gasteiger partial charge in [-0.2, -0.15) is 0 Å². The van der Waals surface area contributed by atoms with Crippen LogP contribution in [0.5, 0.6) is 0 Å². The number of amides is 4. The molecule has 2 aliphatic heterocycles. The van der Waals surface area contributed by atoms with Crippen LogP contribution in [0.15, 0.2) is 30.5 Å². The second-order valence-electron chi connectivity index (χ2n) is 7.81. The van der Waals surface area contributed by atoms with Gasteiger partial charge in [0.15, 0.2) is 0 Å². The van der Waals surface area contributed by atoms with E-state index >= 15 is 0 Å². The molecule has 0 aliphatic carbocycles. The Labute approximate surface area is 173 Å². The van der Waals surface area contributed by atoms with E-state index in [0.29, 0.717) is 31.2 Å². The number of halogens is 1. The first-order valence-corrected chi connectivity index (χ1v) is 9.85. The molecule has 2 fully saturated rings. The summed E-state index contributed by atoms with van der Waals surface area (Å²) in [5, 5.41) is 4.25. The van der Waals surface area contributed by atoms with E-state index in [4.69, 9.17) is 11.6 Å². The van der Waals surface area contributed by atoms with Crippen LogP contribution in [0.2, 0.25) is 5.02 Å². The Morgan fingerprint density at radius 1 is 1.17 bits per heavy atom. The van der Waals surface area contributed by atoms with Crippen molar-refractivity contribution >= 4 is 46.0 Å². The predicted molar refractivity (Wildman–Crippen MR) is 110 cm³/mol. The molecule has 0 radical (unpaired) electrons. The number of benzene rings is 1. The van der Waals surface area contributed by atoms with E-state index < -0.39 is 11.6 Å². The number of hydrogen-bond acceptors (Lipinski definition) is 5. The van der Waals surface area contributed by atoms with E-state index in [1.165, 1.54) is 0 Å². The lowest BCUT2D eigenvalue weighted by atomic mass is 10.1. The van der Waals surface area contributed by atoms with Crippen LogP contribution in [0.1, 0.15) is 13.8 Å². The molecule has 0 bridgehead atoms. The Hall–Kier alpha value is -2.87. The summed E-state index contributed by atoms with van der Waals surface area (Å²) in [6, 6.07) is 7.07. The molecule has 1 aromatic heterocycles. The van der Waals surface area contributed by atoms with Gasteiger partial charge >= 0.3 is 6.03 Å². The van der Waals surface area contributed by atoms with Crippen molar-refractivity contribution < 1.29 is 14.4 Å². The Bertz CT molecular complexity index is 1000. The zero-order chi connectivity index (χ0) is 20.8. The summed E-state index contributed by atoms with van der Waals surface area (Å²) >= 11 is 6.06. The van der Waals surface area contributed by atoms with Gasteiger partial charge in [0, 0.05) is 48.5 Å². The summed E-state index contributed by atoms with van der Waals surface area (Å²) in [7, 11) is 0. The molecule has 0 spiro atoms. The highest BCUT2D eigenvalue weighted by Crippen LogP contribution is 2.28. The van der Waals surface area contributed by atoms with E-state index in [2.05, 4.69) is 15.2 Å². The van der Waals surface area contributed by atoms with Crippen LogP contribution in [0, 0.1) is 0 Å². The van der Waals surface area contributed by atoms with Crippen molar-refractivity contribution in [1.29, 1.82) is 0 Å².